The molecule has 1 aliphatic rings. The van der Waals surface area contributed by atoms with Crippen molar-refractivity contribution in [2.75, 3.05) is 13.2 Å². The van der Waals surface area contributed by atoms with Gasteiger partial charge in [-0.15, -0.1) is 0 Å². The Morgan fingerprint density at radius 3 is 2.74 bits per heavy atom. The number of fused-ring (bicyclic) bond motifs is 1. The average Bonchev–Trinajstić information content (AvgIpc) is 3.04. The lowest BCUT2D eigenvalue weighted by molar-refractivity contribution is -0.277. The predicted molar refractivity (Wildman–Crippen MR) is 95.1 cm³/mol. The molecule has 1 aromatic carbocycles. The first-order valence-electron chi connectivity index (χ1n) is 8.72. The summed E-state index contributed by atoms with van der Waals surface area (Å²) in [5.74, 6) is 0.300. The molecule has 1 amide bonds. The van der Waals surface area contributed by atoms with Gasteiger partial charge in [-0.05, 0) is 30.2 Å². The Morgan fingerprint density at radius 2 is 2.04 bits per heavy atom. The highest BCUT2D eigenvalue weighted by molar-refractivity contribution is 5.84. The van der Waals surface area contributed by atoms with Crippen LogP contribution >= 0.6 is 0 Å². The standard InChI is InChI=1S/C18H24N2O7/c1-9(22)19-5-4-10-7-20-13-3-2-11(6-12(10)13)26-18-17(25)16(24)15(23)14(8-21)27-18/h2-3,6-7,14-18,20-21,23-25H,4-5,8H2,1H3,(H,19,22)/t14-,15-,16+,17-,18-/m1/s1. The third kappa shape index (κ3) is 4.23. The number of aliphatic hydroxyl groups is 4. The summed E-state index contributed by atoms with van der Waals surface area (Å²) in [5, 5.41) is 42.7. The topological polar surface area (TPSA) is 144 Å². The number of carbonyl (C=O) groups is 1. The van der Waals surface area contributed by atoms with Crippen LogP contribution in [-0.2, 0) is 16.0 Å². The molecule has 0 radical (unpaired) electrons. The second kappa shape index (κ2) is 8.24. The fraction of sp³-hybridized carbons (Fsp3) is 0.500. The van der Waals surface area contributed by atoms with Crippen molar-refractivity contribution in [3.63, 3.8) is 0 Å². The number of aliphatic hydroxyl groups excluding tert-OH is 4. The Labute approximate surface area is 155 Å². The minimum atomic E-state index is -1.50. The number of rotatable bonds is 6. The van der Waals surface area contributed by atoms with Gasteiger partial charge in [0, 0.05) is 30.6 Å². The average molecular weight is 380 g/mol. The van der Waals surface area contributed by atoms with E-state index in [9.17, 15) is 25.2 Å². The van der Waals surface area contributed by atoms with Crippen molar-refractivity contribution in [2.45, 2.75) is 44.1 Å². The van der Waals surface area contributed by atoms with Gasteiger partial charge in [0.05, 0.1) is 6.61 Å². The van der Waals surface area contributed by atoms with Crippen LogP contribution in [0.1, 0.15) is 12.5 Å². The van der Waals surface area contributed by atoms with Crippen LogP contribution < -0.4 is 10.1 Å². The Hall–Kier alpha value is -2.17. The van der Waals surface area contributed by atoms with Crippen LogP contribution in [0.3, 0.4) is 0 Å². The summed E-state index contributed by atoms with van der Waals surface area (Å²) >= 11 is 0. The molecule has 148 valence electrons. The fourth-order valence-electron chi connectivity index (χ4n) is 3.11. The molecule has 0 bridgehead atoms. The molecule has 0 aliphatic carbocycles. The zero-order valence-electron chi connectivity index (χ0n) is 14.8. The molecule has 2 heterocycles. The smallest absolute Gasteiger partial charge is 0.229 e. The maximum Gasteiger partial charge on any atom is 0.229 e. The van der Waals surface area contributed by atoms with Crippen molar-refractivity contribution in [3.05, 3.63) is 30.0 Å². The Morgan fingerprint density at radius 1 is 1.26 bits per heavy atom. The molecule has 5 atom stereocenters. The summed E-state index contributed by atoms with van der Waals surface area (Å²) in [6, 6.07) is 5.24. The molecule has 6 N–H and O–H groups in total. The van der Waals surface area contributed by atoms with Gasteiger partial charge in [-0.25, -0.2) is 0 Å². The Balaban J connectivity index is 1.75. The van der Waals surface area contributed by atoms with Crippen molar-refractivity contribution in [1.29, 1.82) is 0 Å². The van der Waals surface area contributed by atoms with Gasteiger partial charge in [0.1, 0.15) is 30.2 Å². The Bertz CT molecular complexity index is 791. The molecular formula is C18H24N2O7. The predicted octanol–water partition coefficient (Wildman–Crippen LogP) is -0.975. The zero-order chi connectivity index (χ0) is 19.6. The summed E-state index contributed by atoms with van der Waals surface area (Å²) in [4.78, 5) is 14.2. The molecule has 3 rings (SSSR count). The van der Waals surface area contributed by atoms with Crippen LogP contribution in [0.4, 0.5) is 0 Å². The highest BCUT2D eigenvalue weighted by Crippen LogP contribution is 2.28. The first kappa shape index (κ1) is 19.6. The number of hydrogen-bond acceptors (Lipinski definition) is 7. The minimum absolute atomic E-state index is 0.0959. The summed E-state index contributed by atoms with van der Waals surface area (Å²) < 4.78 is 11.0. The van der Waals surface area contributed by atoms with E-state index in [4.69, 9.17) is 9.47 Å². The molecule has 9 nitrogen and oxygen atoms in total. The van der Waals surface area contributed by atoms with Gasteiger partial charge in [-0.3, -0.25) is 4.79 Å². The van der Waals surface area contributed by atoms with E-state index in [0.29, 0.717) is 18.7 Å². The van der Waals surface area contributed by atoms with Crippen molar-refractivity contribution in [1.82, 2.24) is 10.3 Å². The van der Waals surface area contributed by atoms with Crippen LogP contribution in [0.15, 0.2) is 24.4 Å². The van der Waals surface area contributed by atoms with Crippen LogP contribution in [0.5, 0.6) is 5.75 Å². The van der Waals surface area contributed by atoms with E-state index in [0.717, 1.165) is 16.5 Å². The molecule has 0 unspecified atom stereocenters. The molecule has 9 heteroatoms. The van der Waals surface area contributed by atoms with Crippen LogP contribution in [0.25, 0.3) is 10.9 Å². The molecule has 0 spiro atoms. The van der Waals surface area contributed by atoms with Crippen LogP contribution in [0, 0.1) is 0 Å². The maximum absolute atomic E-state index is 11.0. The van der Waals surface area contributed by atoms with E-state index in [1.165, 1.54) is 6.92 Å². The van der Waals surface area contributed by atoms with Gasteiger partial charge in [-0.1, -0.05) is 0 Å². The molecule has 1 aromatic heterocycles. The second-order valence-corrected chi connectivity index (χ2v) is 6.57. The minimum Gasteiger partial charge on any atom is -0.462 e. The van der Waals surface area contributed by atoms with Gasteiger partial charge in [0.15, 0.2) is 0 Å². The summed E-state index contributed by atoms with van der Waals surface area (Å²) in [6.45, 7) is 1.44. The van der Waals surface area contributed by atoms with Crippen LogP contribution in [-0.4, -0.2) is 75.2 Å². The lowest BCUT2D eigenvalue weighted by atomic mass is 9.99. The fourth-order valence-corrected chi connectivity index (χ4v) is 3.11. The first-order valence-corrected chi connectivity index (χ1v) is 8.72. The van der Waals surface area contributed by atoms with Gasteiger partial charge in [0.25, 0.3) is 0 Å². The molecule has 2 aromatic rings. The summed E-state index contributed by atoms with van der Waals surface area (Å²) in [7, 11) is 0. The van der Waals surface area contributed by atoms with E-state index < -0.39 is 37.3 Å². The SMILES string of the molecule is CC(=O)NCCc1c[nH]c2ccc(O[C@@H]3O[C@H](CO)[C@@H](O)[C@H](O)[C@H]3O)cc12. The number of hydrogen-bond donors (Lipinski definition) is 6. The van der Waals surface area contributed by atoms with Crippen molar-refractivity contribution in [3.8, 4) is 5.75 Å². The number of carbonyl (C=O) groups excluding carboxylic acids is 1. The van der Waals surface area contributed by atoms with Gasteiger partial charge < -0.3 is 40.2 Å². The summed E-state index contributed by atoms with van der Waals surface area (Å²) in [5.41, 5.74) is 1.87. The molecule has 1 fully saturated rings. The second-order valence-electron chi connectivity index (χ2n) is 6.57. The van der Waals surface area contributed by atoms with E-state index in [1.54, 1.807) is 18.2 Å². The monoisotopic (exact) mass is 380 g/mol. The molecule has 27 heavy (non-hydrogen) atoms. The molecule has 1 aliphatic heterocycles. The summed E-state index contributed by atoms with van der Waals surface area (Å²) in [6.07, 6.45) is -4.18. The number of benzene rings is 1. The van der Waals surface area contributed by atoms with E-state index >= 15 is 0 Å². The van der Waals surface area contributed by atoms with E-state index in [2.05, 4.69) is 10.3 Å². The number of H-pyrrole nitrogens is 1. The number of amides is 1. The zero-order valence-corrected chi connectivity index (χ0v) is 14.8. The number of aromatic amines is 1. The third-order valence-electron chi connectivity index (χ3n) is 4.61. The molecular weight excluding hydrogens is 356 g/mol. The number of aromatic nitrogens is 1. The van der Waals surface area contributed by atoms with Gasteiger partial charge >= 0.3 is 0 Å². The number of nitrogens with one attached hydrogen (secondary N) is 2. The molecule has 0 saturated carbocycles. The van der Waals surface area contributed by atoms with E-state index in [1.807, 2.05) is 6.20 Å². The van der Waals surface area contributed by atoms with Crippen LogP contribution in [0.2, 0.25) is 0 Å². The third-order valence-corrected chi connectivity index (χ3v) is 4.61. The lowest BCUT2D eigenvalue weighted by Gasteiger charge is -2.39. The molecule has 1 saturated heterocycles. The van der Waals surface area contributed by atoms with Crippen molar-refractivity contribution < 1.29 is 34.7 Å². The number of ether oxygens (including phenoxy) is 2. The normalized spacial score (nSPS) is 28.3. The largest absolute Gasteiger partial charge is 0.462 e. The van der Waals surface area contributed by atoms with Crippen molar-refractivity contribution >= 4 is 16.8 Å². The highest BCUT2D eigenvalue weighted by Gasteiger charge is 2.44. The van der Waals surface area contributed by atoms with Gasteiger partial charge in [0.2, 0.25) is 12.2 Å². The quantitative estimate of drug-likeness (QED) is 0.378. The Kier molecular flexibility index (Phi) is 5.98. The highest BCUT2D eigenvalue weighted by atomic mass is 16.7. The lowest BCUT2D eigenvalue weighted by Crippen LogP contribution is -2.60. The van der Waals surface area contributed by atoms with E-state index in [-0.39, 0.29) is 5.91 Å². The van der Waals surface area contributed by atoms with Gasteiger partial charge in [-0.2, -0.15) is 0 Å². The van der Waals surface area contributed by atoms with Crippen molar-refractivity contribution in [2.24, 2.45) is 0 Å². The first-order chi connectivity index (χ1) is 12.9. The maximum atomic E-state index is 11.0.